The van der Waals surface area contributed by atoms with Crippen LogP contribution in [0.1, 0.15) is 51.4 Å². The van der Waals surface area contributed by atoms with E-state index < -0.39 is 18.0 Å². The molecule has 7 nitrogen and oxygen atoms in total. The molecule has 0 aromatic carbocycles. The number of ether oxygens (including phenoxy) is 5. The summed E-state index contributed by atoms with van der Waals surface area (Å²) in [7, 11) is 1.39. The molecule has 4 bridgehead atoms. The van der Waals surface area contributed by atoms with Gasteiger partial charge in [-0.15, -0.1) is 11.6 Å². The Morgan fingerprint density at radius 3 is 2.80 bits per heavy atom. The molecule has 0 saturated carbocycles. The van der Waals surface area contributed by atoms with Crippen LogP contribution in [-0.4, -0.2) is 72.1 Å². The van der Waals surface area contributed by atoms with E-state index in [1.807, 2.05) is 0 Å². The summed E-state index contributed by atoms with van der Waals surface area (Å²) < 4.78 is 31.2. The predicted octanol–water partition coefficient (Wildman–Crippen LogP) is 3.23. The molecule has 170 valence electrons. The van der Waals surface area contributed by atoms with Gasteiger partial charge in [-0.05, 0) is 51.9 Å². The SMILES string of the molecule is C=C(I)C[C@H](Cl)CC[C@]12CC(O)[C@@H](O1)[C@H]1C[C@@H](O2)[C@H]2O[C@@H](CC(=O)OC)CC[C@@H]2O1. The predicted molar refractivity (Wildman–Crippen MR) is 118 cm³/mol. The number of fused-ring (bicyclic) bond motifs is 7. The van der Waals surface area contributed by atoms with Crippen LogP contribution in [0.4, 0.5) is 0 Å². The standard InChI is InChI=1S/C21H30ClIO7/c1-11(23)7-12(22)5-6-21-10-14(24)19(30-21)16-9-17(29-21)20-15(28-16)4-3-13(27-20)8-18(25)26-2/h12-17,19-20,24H,1,3-10H2,2H3/t12-,13-,14?,15+,16-,17-,19-,20+,21-/m1/s1. The van der Waals surface area contributed by atoms with Gasteiger partial charge in [0, 0.05) is 24.6 Å². The van der Waals surface area contributed by atoms with Gasteiger partial charge in [-0.1, -0.05) is 6.58 Å². The number of hydrogen-bond acceptors (Lipinski definition) is 7. The van der Waals surface area contributed by atoms with Gasteiger partial charge in [-0.3, -0.25) is 4.79 Å². The molecule has 0 aromatic heterocycles. The number of carbonyl (C=O) groups excluding carboxylic acids is 1. The summed E-state index contributed by atoms with van der Waals surface area (Å²) in [5.41, 5.74) is 0. The van der Waals surface area contributed by atoms with E-state index in [1.54, 1.807) is 0 Å². The van der Waals surface area contributed by atoms with Gasteiger partial charge in [0.15, 0.2) is 5.79 Å². The Hall–Kier alpha value is 0.0300. The van der Waals surface area contributed by atoms with Crippen molar-refractivity contribution in [3.63, 3.8) is 0 Å². The number of hydrogen-bond donors (Lipinski definition) is 1. The molecule has 0 aliphatic carbocycles. The van der Waals surface area contributed by atoms with Gasteiger partial charge in [0.2, 0.25) is 0 Å². The molecule has 9 heteroatoms. The normalized spacial score (nSPS) is 43.4. The third-order valence-electron chi connectivity index (χ3n) is 6.56. The first-order chi connectivity index (χ1) is 14.3. The number of methoxy groups -OCH3 is 1. The maximum Gasteiger partial charge on any atom is 0.308 e. The number of halogens is 2. The van der Waals surface area contributed by atoms with Crippen molar-refractivity contribution < 1.29 is 33.6 Å². The first-order valence-electron chi connectivity index (χ1n) is 10.7. The molecule has 1 N–H and O–H groups in total. The molecular formula is C21H30ClIO7. The number of allylic oxidation sites excluding steroid dienone is 1. The Morgan fingerprint density at radius 1 is 1.27 bits per heavy atom. The monoisotopic (exact) mass is 556 g/mol. The van der Waals surface area contributed by atoms with Crippen molar-refractivity contribution in [2.45, 2.75) is 105 Å². The van der Waals surface area contributed by atoms with Crippen molar-refractivity contribution >= 4 is 40.2 Å². The number of aliphatic hydroxyl groups is 1. The van der Waals surface area contributed by atoms with Crippen molar-refractivity contribution in [1.82, 2.24) is 0 Å². The molecule has 4 heterocycles. The Morgan fingerprint density at radius 2 is 2.07 bits per heavy atom. The number of aliphatic hydroxyl groups excluding tert-OH is 1. The Bertz CT molecular complexity index is 663. The molecule has 9 atom stereocenters. The van der Waals surface area contributed by atoms with E-state index in [4.69, 9.17) is 35.3 Å². The highest BCUT2D eigenvalue weighted by atomic mass is 127. The average molecular weight is 557 g/mol. The minimum Gasteiger partial charge on any atom is -0.469 e. The molecule has 0 aromatic rings. The van der Waals surface area contributed by atoms with Crippen LogP contribution in [0.15, 0.2) is 10.2 Å². The Labute approximate surface area is 195 Å². The zero-order valence-corrected chi connectivity index (χ0v) is 20.0. The highest BCUT2D eigenvalue weighted by Gasteiger charge is 2.59. The molecule has 0 amide bonds. The molecule has 4 rings (SSSR count). The van der Waals surface area contributed by atoms with Crippen LogP contribution in [0.2, 0.25) is 0 Å². The van der Waals surface area contributed by atoms with Crippen molar-refractivity contribution in [3.8, 4) is 0 Å². The second-order valence-corrected chi connectivity index (χ2v) is 11.0. The quantitative estimate of drug-likeness (QED) is 0.293. The van der Waals surface area contributed by atoms with E-state index in [0.717, 1.165) is 22.8 Å². The minimum atomic E-state index is -0.889. The van der Waals surface area contributed by atoms with Gasteiger partial charge in [0.25, 0.3) is 0 Å². The summed E-state index contributed by atoms with van der Waals surface area (Å²) >= 11 is 8.66. The van der Waals surface area contributed by atoms with Crippen LogP contribution in [0.5, 0.6) is 0 Å². The highest BCUT2D eigenvalue weighted by molar-refractivity contribution is 14.1. The molecule has 4 aliphatic rings. The molecule has 30 heavy (non-hydrogen) atoms. The first kappa shape index (κ1) is 23.2. The lowest BCUT2D eigenvalue weighted by atomic mass is 9.86. The number of alkyl halides is 1. The lowest BCUT2D eigenvalue weighted by molar-refractivity contribution is -0.276. The summed E-state index contributed by atoms with van der Waals surface area (Å²) in [4.78, 5) is 11.7. The maximum atomic E-state index is 11.7. The van der Waals surface area contributed by atoms with Crippen molar-refractivity contribution in [2.24, 2.45) is 0 Å². The van der Waals surface area contributed by atoms with Crippen LogP contribution in [0.25, 0.3) is 0 Å². The largest absolute Gasteiger partial charge is 0.469 e. The van der Waals surface area contributed by atoms with Gasteiger partial charge < -0.3 is 28.8 Å². The van der Waals surface area contributed by atoms with Crippen molar-refractivity contribution in [1.29, 1.82) is 0 Å². The maximum absolute atomic E-state index is 11.7. The first-order valence-corrected chi connectivity index (χ1v) is 12.2. The fourth-order valence-electron chi connectivity index (χ4n) is 5.18. The third kappa shape index (κ3) is 5.00. The van der Waals surface area contributed by atoms with Gasteiger partial charge in [-0.2, -0.15) is 0 Å². The Kier molecular flexibility index (Phi) is 7.34. The summed E-state index contributed by atoms with van der Waals surface area (Å²) in [6.07, 6.45) is 2.68. The zero-order chi connectivity index (χ0) is 21.5. The van der Waals surface area contributed by atoms with Gasteiger partial charge in [0.05, 0.1) is 44.1 Å². The van der Waals surface area contributed by atoms with Crippen LogP contribution in [0.3, 0.4) is 0 Å². The second kappa shape index (κ2) is 9.49. The molecule has 4 fully saturated rings. The van der Waals surface area contributed by atoms with E-state index >= 15 is 0 Å². The fourth-order valence-corrected chi connectivity index (χ4v) is 6.27. The lowest BCUT2D eigenvalue weighted by Gasteiger charge is -2.47. The summed E-state index contributed by atoms with van der Waals surface area (Å²) in [6.45, 7) is 3.92. The zero-order valence-electron chi connectivity index (χ0n) is 17.1. The van der Waals surface area contributed by atoms with Crippen molar-refractivity contribution in [2.75, 3.05) is 7.11 Å². The number of esters is 1. The molecular weight excluding hydrogens is 527 g/mol. The fraction of sp³-hybridized carbons (Fsp3) is 0.857. The van der Waals surface area contributed by atoms with Crippen LogP contribution >= 0.6 is 34.2 Å². The van der Waals surface area contributed by atoms with Crippen LogP contribution < -0.4 is 0 Å². The van der Waals surface area contributed by atoms with E-state index in [9.17, 15) is 9.90 Å². The topological polar surface area (TPSA) is 83.5 Å². The summed E-state index contributed by atoms with van der Waals surface area (Å²) in [5, 5.41) is 10.6. The Balaban J connectivity index is 1.47. The highest BCUT2D eigenvalue weighted by Crippen LogP contribution is 2.48. The molecule has 0 radical (unpaired) electrons. The molecule has 4 saturated heterocycles. The number of rotatable bonds is 7. The lowest BCUT2D eigenvalue weighted by Crippen LogP contribution is -2.58. The van der Waals surface area contributed by atoms with Gasteiger partial charge >= 0.3 is 5.97 Å². The van der Waals surface area contributed by atoms with Crippen molar-refractivity contribution in [3.05, 3.63) is 10.2 Å². The number of carbonyl (C=O) groups is 1. The second-order valence-electron chi connectivity index (χ2n) is 8.81. The van der Waals surface area contributed by atoms with Crippen LogP contribution in [0, 0.1) is 0 Å². The van der Waals surface area contributed by atoms with Gasteiger partial charge in [-0.25, -0.2) is 0 Å². The molecule has 1 unspecified atom stereocenters. The minimum absolute atomic E-state index is 0.0610. The summed E-state index contributed by atoms with van der Waals surface area (Å²) in [6, 6.07) is 0. The van der Waals surface area contributed by atoms with E-state index in [2.05, 4.69) is 29.2 Å². The smallest absolute Gasteiger partial charge is 0.308 e. The third-order valence-corrected chi connectivity index (χ3v) is 7.37. The molecule has 0 spiro atoms. The summed E-state index contributed by atoms with van der Waals surface area (Å²) in [5.74, 6) is -1.16. The average Bonchev–Trinajstić information content (AvgIpc) is 2.95. The van der Waals surface area contributed by atoms with E-state index in [-0.39, 0.29) is 48.3 Å². The van der Waals surface area contributed by atoms with Crippen LogP contribution in [-0.2, 0) is 28.5 Å². The van der Waals surface area contributed by atoms with E-state index in [0.29, 0.717) is 25.7 Å². The van der Waals surface area contributed by atoms with E-state index in [1.165, 1.54) is 7.11 Å². The van der Waals surface area contributed by atoms with Gasteiger partial charge in [0.1, 0.15) is 12.2 Å². The molecule has 4 aliphatic heterocycles.